The molecule has 0 spiro atoms. The monoisotopic (exact) mass is 412 g/mol. The van der Waals surface area contributed by atoms with E-state index in [1.165, 1.54) is 0 Å². The van der Waals surface area contributed by atoms with E-state index in [4.69, 9.17) is 4.74 Å². The second-order valence-electron chi connectivity index (χ2n) is 7.43. The first-order valence-corrected chi connectivity index (χ1v) is 10.0. The number of hydrogen-bond acceptors (Lipinski definition) is 5. The number of methoxy groups -OCH3 is 1. The molecule has 7 heteroatoms. The van der Waals surface area contributed by atoms with Crippen LogP contribution >= 0.6 is 0 Å². The Kier molecular flexibility index (Phi) is 4.71. The Labute approximate surface area is 178 Å². The van der Waals surface area contributed by atoms with Crippen molar-refractivity contribution in [2.75, 3.05) is 13.7 Å². The van der Waals surface area contributed by atoms with Crippen molar-refractivity contribution in [2.45, 2.75) is 13.0 Å². The van der Waals surface area contributed by atoms with E-state index >= 15 is 0 Å². The number of aromatic nitrogens is 3. The fourth-order valence-electron chi connectivity index (χ4n) is 3.94. The summed E-state index contributed by atoms with van der Waals surface area (Å²) in [6.07, 6.45) is 2.11. The zero-order chi connectivity index (χ0) is 21.4. The average Bonchev–Trinajstić information content (AvgIpc) is 2.83. The molecule has 1 N–H and O–H groups in total. The van der Waals surface area contributed by atoms with Crippen LogP contribution in [0.4, 0.5) is 0 Å². The summed E-state index contributed by atoms with van der Waals surface area (Å²) in [5, 5.41) is 1.79. The van der Waals surface area contributed by atoms with E-state index in [9.17, 15) is 9.59 Å². The number of ether oxygens (including phenoxy) is 1. The summed E-state index contributed by atoms with van der Waals surface area (Å²) in [7, 11) is 1.60. The van der Waals surface area contributed by atoms with Gasteiger partial charge in [0.2, 0.25) is 0 Å². The number of pyridine rings is 1. The Morgan fingerprint density at radius 3 is 2.71 bits per heavy atom. The number of aromatic amines is 1. The fourth-order valence-corrected chi connectivity index (χ4v) is 3.94. The fraction of sp³-hybridized carbons (Fsp3) is 0.167. The van der Waals surface area contributed by atoms with Gasteiger partial charge >= 0.3 is 0 Å². The highest BCUT2D eigenvalue weighted by molar-refractivity contribution is 6.05. The molecule has 0 radical (unpaired) electrons. The third-order valence-electron chi connectivity index (χ3n) is 5.60. The molecule has 0 aliphatic carbocycles. The lowest BCUT2D eigenvalue weighted by Gasteiger charge is -2.28. The SMILES string of the molecule is COc1ccc(-c2nc3c(c(=O)[nH]2)CCN(C(=O)c2nccc4ccccc24)C3)cc1. The van der Waals surface area contributed by atoms with Crippen LogP contribution in [0, 0.1) is 0 Å². The van der Waals surface area contributed by atoms with Crippen LogP contribution in [0.15, 0.2) is 65.6 Å². The first-order valence-electron chi connectivity index (χ1n) is 10.0. The van der Waals surface area contributed by atoms with Crippen molar-refractivity contribution >= 4 is 16.7 Å². The predicted octanol–water partition coefficient (Wildman–Crippen LogP) is 3.19. The van der Waals surface area contributed by atoms with Gasteiger partial charge < -0.3 is 14.6 Å². The van der Waals surface area contributed by atoms with Gasteiger partial charge in [-0.05, 0) is 42.1 Å². The molecule has 1 amide bonds. The highest BCUT2D eigenvalue weighted by Crippen LogP contribution is 2.23. The van der Waals surface area contributed by atoms with Gasteiger partial charge in [0.1, 0.15) is 17.3 Å². The molecule has 5 rings (SSSR count). The van der Waals surface area contributed by atoms with Gasteiger partial charge in [-0.3, -0.25) is 14.6 Å². The van der Waals surface area contributed by atoms with Gasteiger partial charge in [0, 0.05) is 29.3 Å². The van der Waals surface area contributed by atoms with Gasteiger partial charge in [0.05, 0.1) is 19.3 Å². The van der Waals surface area contributed by atoms with Crippen molar-refractivity contribution in [3.05, 3.63) is 88.1 Å². The normalized spacial score (nSPS) is 13.1. The van der Waals surface area contributed by atoms with Crippen LogP contribution in [0.5, 0.6) is 5.75 Å². The largest absolute Gasteiger partial charge is 0.497 e. The Balaban J connectivity index is 1.48. The molecule has 3 heterocycles. The van der Waals surface area contributed by atoms with Gasteiger partial charge in [0.25, 0.3) is 11.5 Å². The lowest BCUT2D eigenvalue weighted by Crippen LogP contribution is -2.39. The maximum Gasteiger partial charge on any atom is 0.273 e. The van der Waals surface area contributed by atoms with Crippen LogP contribution in [0.1, 0.15) is 21.7 Å². The summed E-state index contributed by atoms with van der Waals surface area (Å²) in [6.45, 7) is 0.718. The van der Waals surface area contributed by atoms with Crippen LogP contribution in [0.25, 0.3) is 22.2 Å². The highest BCUT2D eigenvalue weighted by Gasteiger charge is 2.27. The second-order valence-corrected chi connectivity index (χ2v) is 7.43. The van der Waals surface area contributed by atoms with E-state index in [0.717, 1.165) is 22.1 Å². The second kappa shape index (κ2) is 7.68. The van der Waals surface area contributed by atoms with Crippen LogP contribution < -0.4 is 10.3 Å². The first kappa shape index (κ1) is 19.0. The number of carbonyl (C=O) groups excluding carboxylic acids is 1. The molecular weight excluding hydrogens is 392 g/mol. The van der Waals surface area contributed by atoms with E-state index < -0.39 is 0 Å². The maximum absolute atomic E-state index is 13.3. The van der Waals surface area contributed by atoms with Gasteiger partial charge in [-0.2, -0.15) is 0 Å². The van der Waals surface area contributed by atoms with Crippen molar-refractivity contribution < 1.29 is 9.53 Å². The van der Waals surface area contributed by atoms with Gasteiger partial charge in [0.15, 0.2) is 0 Å². The molecule has 1 aliphatic rings. The zero-order valence-corrected chi connectivity index (χ0v) is 17.0. The van der Waals surface area contributed by atoms with Gasteiger partial charge in [-0.15, -0.1) is 0 Å². The van der Waals surface area contributed by atoms with E-state index in [-0.39, 0.29) is 18.0 Å². The molecule has 0 saturated heterocycles. The van der Waals surface area contributed by atoms with E-state index in [1.807, 2.05) is 54.6 Å². The topological polar surface area (TPSA) is 88.2 Å². The molecule has 0 atom stereocenters. The van der Waals surface area contributed by atoms with Crippen molar-refractivity contribution in [3.8, 4) is 17.1 Å². The number of carbonyl (C=O) groups is 1. The minimum absolute atomic E-state index is 0.157. The summed E-state index contributed by atoms with van der Waals surface area (Å²) in [4.78, 5) is 39.5. The van der Waals surface area contributed by atoms with Crippen LogP contribution in [0.2, 0.25) is 0 Å². The van der Waals surface area contributed by atoms with E-state index in [2.05, 4.69) is 15.0 Å². The number of hydrogen-bond donors (Lipinski definition) is 1. The van der Waals surface area contributed by atoms with Gasteiger partial charge in [-0.1, -0.05) is 24.3 Å². The lowest BCUT2D eigenvalue weighted by atomic mass is 10.0. The third-order valence-corrected chi connectivity index (χ3v) is 5.60. The lowest BCUT2D eigenvalue weighted by molar-refractivity contribution is 0.0727. The van der Waals surface area contributed by atoms with Gasteiger partial charge in [-0.25, -0.2) is 4.98 Å². The number of nitrogens with zero attached hydrogens (tertiary/aromatic N) is 3. The molecule has 7 nitrogen and oxygen atoms in total. The van der Waals surface area contributed by atoms with E-state index in [1.54, 1.807) is 18.2 Å². The molecule has 1 aliphatic heterocycles. The molecule has 0 bridgehead atoms. The number of amides is 1. The zero-order valence-electron chi connectivity index (χ0n) is 17.0. The Morgan fingerprint density at radius 1 is 1.10 bits per heavy atom. The standard InChI is InChI=1S/C24H20N4O3/c1-31-17-8-6-16(7-9-17)22-26-20-14-28(13-11-19(20)23(29)27-22)24(30)21-18-5-3-2-4-15(18)10-12-25-21/h2-10,12H,11,13-14H2,1H3,(H,26,27,29). The number of H-pyrrole nitrogens is 1. The van der Waals surface area contributed by atoms with Crippen molar-refractivity contribution in [1.29, 1.82) is 0 Å². The van der Waals surface area contributed by atoms with Crippen LogP contribution in [-0.4, -0.2) is 39.4 Å². The number of rotatable bonds is 3. The average molecular weight is 412 g/mol. The van der Waals surface area contributed by atoms with Crippen LogP contribution in [0.3, 0.4) is 0 Å². The number of fused-ring (bicyclic) bond motifs is 2. The summed E-state index contributed by atoms with van der Waals surface area (Å²) < 4.78 is 5.19. The molecule has 154 valence electrons. The minimum Gasteiger partial charge on any atom is -0.497 e. The molecular formula is C24H20N4O3. The first-order chi connectivity index (χ1) is 15.1. The maximum atomic E-state index is 13.3. The quantitative estimate of drug-likeness (QED) is 0.558. The third kappa shape index (κ3) is 3.44. The van der Waals surface area contributed by atoms with E-state index in [0.29, 0.717) is 35.7 Å². The number of benzene rings is 2. The Hall–Kier alpha value is -4.00. The molecule has 31 heavy (non-hydrogen) atoms. The van der Waals surface area contributed by atoms with Crippen molar-refractivity contribution in [1.82, 2.24) is 19.9 Å². The molecule has 2 aromatic heterocycles. The predicted molar refractivity (Wildman–Crippen MR) is 117 cm³/mol. The minimum atomic E-state index is -0.161. The molecule has 0 fully saturated rings. The summed E-state index contributed by atoms with van der Waals surface area (Å²) in [5.74, 6) is 1.04. The smallest absolute Gasteiger partial charge is 0.273 e. The van der Waals surface area contributed by atoms with Crippen LogP contribution in [-0.2, 0) is 13.0 Å². The molecule has 0 saturated carbocycles. The number of nitrogens with one attached hydrogen (secondary N) is 1. The summed E-state index contributed by atoms with van der Waals surface area (Å²) >= 11 is 0. The summed E-state index contributed by atoms with van der Waals surface area (Å²) in [5.41, 5.74) is 2.29. The molecule has 0 unspecified atom stereocenters. The summed E-state index contributed by atoms with van der Waals surface area (Å²) in [6, 6.07) is 16.9. The Bertz CT molecular complexity index is 1340. The Morgan fingerprint density at radius 2 is 1.90 bits per heavy atom. The molecule has 4 aromatic rings. The molecule has 2 aromatic carbocycles. The highest BCUT2D eigenvalue weighted by atomic mass is 16.5. The van der Waals surface area contributed by atoms with Crippen molar-refractivity contribution in [2.24, 2.45) is 0 Å². The van der Waals surface area contributed by atoms with Crippen molar-refractivity contribution in [3.63, 3.8) is 0 Å².